The number of aromatic amines is 1. The smallest absolute Gasteiger partial charge is 0.306 e. The molecule has 1 aromatic carbocycles. The first-order valence-electron chi connectivity index (χ1n) is 9.62. The minimum absolute atomic E-state index is 0.121. The Morgan fingerprint density at radius 2 is 2.00 bits per heavy atom. The van der Waals surface area contributed by atoms with Gasteiger partial charge in [-0.25, -0.2) is 14.5 Å². The van der Waals surface area contributed by atoms with Gasteiger partial charge in [0.2, 0.25) is 0 Å². The van der Waals surface area contributed by atoms with E-state index in [4.69, 9.17) is 16.5 Å². The fourth-order valence-corrected chi connectivity index (χ4v) is 4.34. The summed E-state index contributed by atoms with van der Waals surface area (Å²) in [4.78, 5) is 23.7. The monoisotopic (exact) mass is 391 g/mol. The van der Waals surface area contributed by atoms with E-state index in [0.29, 0.717) is 35.6 Å². The van der Waals surface area contributed by atoms with Crippen LogP contribution in [0, 0.1) is 5.92 Å². The lowest BCUT2D eigenvalue weighted by atomic mass is 9.82. The van der Waals surface area contributed by atoms with E-state index in [2.05, 4.69) is 15.1 Å². The number of carbonyl (C=O) groups is 1. The number of carboxylic acids is 1. The first-order chi connectivity index (χ1) is 14.0. The highest BCUT2D eigenvalue weighted by Crippen LogP contribution is 2.38. The maximum Gasteiger partial charge on any atom is 0.306 e. The summed E-state index contributed by atoms with van der Waals surface area (Å²) in [7, 11) is 0. The van der Waals surface area contributed by atoms with Crippen molar-refractivity contribution in [3.8, 4) is 11.4 Å². The molecule has 1 saturated carbocycles. The minimum Gasteiger partial charge on any atom is -0.481 e. The molecule has 1 fully saturated rings. The molecule has 5 rings (SSSR count). The lowest BCUT2D eigenvalue weighted by Crippen LogP contribution is -2.21. The molecule has 6 N–H and O–H groups in total. The Bertz CT molecular complexity index is 1230. The van der Waals surface area contributed by atoms with Gasteiger partial charge < -0.3 is 21.6 Å². The van der Waals surface area contributed by atoms with Crippen LogP contribution < -0.4 is 11.5 Å². The van der Waals surface area contributed by atoms with Gasteiger partial charge in [-0.3, -0.25) is 4.79 Å². The van der Waals surface area contributed by atoms with Crippen molar-refractivity contribution in [2.24, 2.45) is 5.92 Å². The van der Waals surface area contributed by atoms with Gasteiger partial charge in [-0.1, -0.05) is 12.1 Å². The van der Waals surface area contributed by atoms with Crippen LogP contribution >= 0.6 is 0 Å². The summed E-state index contributed by atoms with van der Waals surface area (Å²) in [5, 5.41) is 14.7. The number of nitrogen functional groups attached to an aromatic ring is 2. The molecule has 0 spiro atoms. The number of carboxylic acid groups (broad SMARTS) is 1. The molecule has 0 atom stereocenters. The molecule has 0 aliphatic heterocycles. The van der Waals surface area contributed by atoms with E-state index in [0.717, 1.165) is 35.3 Å². The summed E-state index contributed by atoms with van der Waals surface area (Å²) in [6, 6.07) is 7.73. The number of H-pyrrole nitrogens is 1. The number of benzene rings is 1. The van der Waals surface area contributed by atoms with Crippen LogP contribution in [0.2, 0.25) is 0 Å². The Morgan fingerprint density at radius 3 is 2.72 bits per heavy atom. The molecule has 3 aromatic heterocycles. The van der Waals surface area contributed by atoms with Crippen LogP contribution in [0.4, 0.5) is 11.5 Å². The number of aromatic nitrogens is 5. The average molecular weight is 391 g/mol. The van der Waals surface area contributed by atoms with E-state index < -0.39 is 5.97 Å². The number of hydrogen-bond donors (Lipinski definition) is 4. The predicted molar refractivity (Wildman–Crippen MR) is 109 cm³/mol. The van der Waals surface area contributed by atoms with Crippen molar-refractivity contribution in [1.82, 2.24) is 24.6 Å². The Balaban J connectivity index is 1.63. The molecule has 148 valence electrons. The third-order valence-electron chi connectivity index (χ3n) is 5.87. The van der Waals surface area contributed by atoms with E-state index in [1.165, 1.54) is 6.33 Å². The van der Waals surface area contributed by atoms with Crippen LogP contribution in [0.1, 0.15) is 37.4 Å². The van der Waals surface area contributed by atoms with Crippen LogP contribution in [0.25, 0.3) is 27.8 Å². The molecule has 1 aliphatic rings. The van der Waals surface area contributed by atoms with Crippen LogP contribution in [0.3, 0.4) is 0 Å². The number of nitrogens with one attached hydrogen (secondary N) is 1. The molecule has 0 amide bonds. The van der Waals surface area contributed by atoms with Crippen molar-refractivity contribution >= 4 is 33.9 Å². The van der Waals surface area contributed by atoms with Gasteiger partial charge in [0.1, 0.15) is 23.4 Å². The first-order valence-corrected chi connectivity index (χ1v) is 9.62. The van der Waals surface area contributed by atoms with E-state index in [1.807, 2.05) is 24.3 Å². The second-order valence-corrected chi connectivity index (χ2v) is 7.61. The summed E-state index contributed by atoms with van der Waals surface area (Å²) < 4.78 is 1.75. The van der Waals surface area contributed by atoms with Crippen LogP contribution in [0.15, 0.2) is 30.6 Å². The molecule has 0 saturated heterocycles. The van der Waals surface area contributed by atoms with Crippen molar-refractivity contribution in [2.45, 2.75) is 31.6 Å². The van der Waals surface area contributed by atoms with Gasteiger partial charge in [-0.15, -0.1) is 0 Å². The van der Waals surface area contributed by atoms with Crippen LogP contribution in [-0.2, 0) is 4.79 Å². The normalized spacial score (nSPS) is 19.7. The van der Waals surface area contributed by atoms with Gasteiger partial charge in [-0.2, -0.15) is 5.10 Å². The molecule has 4 aromatic rings. The molecule has 29 heavy (non-hydrogen) atoms. The lowest BCUT2D eigenvalue weighted by molar-refractivity contribution is -0.142. The number of hydrogen-bond acceptors (Lipinski definition) is 6. The number of nitrogens with zero attached hydrogens (tertiary/aromatic N) is 4. The fourth-order valence-electron chi connectivity index (χ4n) is 4.34. The second-order valence-electron chi connectivity index (χ2n) is 7.61. The van der Waals surface area contributed by atoms with Crippen molar-refractivity contribution in [3.63, 3.8) is 0 Å². The van der Waals surface area contributed by atoms with Gasteiger partial charge >= 0.3 is 5.97 Å². The zero-order valence-corrected chi connectivity index (χ0v) is 15.7. The first kappa shape index (κ1) is 17.5. The van der Waals surface area contributed by atoms with Crippen LogP contribution in [0.5, 0.6) is 0 Å². The number of fused-ring (bicyclic) bond motifs is 2. The van der Waals surface area contributed by atoms with Crippen molar-refractivity contribution in [3.05, 3.63) is 36.4 Å². The number of para-hydroxylation sites is 1. The standard InChI is InChI=1S/C20H21N7O2/c21-13-3-1-2-12-8-14(25-15(12)13)16-17-18(22)23-9-24-27(17)19(26-16)10-4-6-11(7-5-10)20(28)29/h1-3,8-11,25H,4-7,21H2,(H,28,29)(H2,22,23,24). The van der Waals surface area contributed by atoms with Gasteiger partial charge in [0.25, 0.3) is 0 Å². The van der Waals surface area contributed by atoms with Crippen molar-refractivity contribution in [2.75, 3.05) is 11.5 Å². The van der Waals surface area contributed by atoms with E-state index >= 15 is 0 Å². The largest absolute Gasteiger partial charge is 0.481 e. The van der Waals surface area contributed by atoms with Gasteiger partial charge in [-0.05, 0) is 37.8 Å². The number of nitrogens with two attached hydrogens (primary N) is 2. The molecule has 0 unspecified atom stereocenters. The minimum atomic E-state index is -0.723. The topological polar surface area (TPSA) is 148 Å². The third kappa shape index (κ3) is 2.77. The molecule has 9 nitrogen and oxygen atoms in total. The Kier molecular flexibility index (Phi) is 3.90. The number of imidazole rings is 1. The van der Waals surface area contributed by atoms with E-state index in [-0.39, 0.29) is 11.8 Å². The number of rotatable bonds is 3. The Morgan fingerprint density at radius 1 is 1.21 bits per heavy atom. The molecular formula is C20H21N7O2. The maximum absolute atomic E-state index is 11.3. The van der Waals surface area contributed by atoms with E-state index in [9.17, 15) is 9.90 Å². The zero-order chi connectivity index (χ0) is 20.1. The quantitative estimate of drug-likeness (QED) is 0.392. The van der Waals surface area contributed by atoms with Crippen molar-refractivity contribution < 1.29 is 9.90 Å². The predicted octanol–water partition coefficient (Wildman–Crippen LogP) is 2.80. The second kappa shape index (κ2) is 6.47. The summed E-state index contributed by atoms with van der Waals surface area (Å²) in [6.45, 7) is 0. The molecule has 0 radical (unpaired) electrons. The third-order valence-corrected chi connectivity index (χ3v) is 5.87. The summed E-state index contributed by atoms with van der Waals surface area (Å²) in [5.74, 6) is 0.252. The molecular weight excluding hydrogens is 370 g/mol. The van der Waals surface area contributed by atoms with Crippen molar-refractivity contribution in [1.29, 1.82) is 0 Å². The summed E-state index contributed by atoms with van der Waals surface area (Å²) in [6.07, 6.45) is 4.18. The molecule has 0 bridgehead atoms. The van der Waals surface area contributed by atoms with Gasteiger partial charge in [0.15, 0.2) is 5.82 Å². The summed E-state index contributed by atoms with van der Waals surface area (Å²) in [5.41, 5.74) is 15.9. The zero-order valence-electron chi connectivity index (χ0n) is 15.7. The molecule has 1 aliphatic carbocycles. The molecule has 3 heterocycles. The average Bonchev–Trinajstić information content (AvgIpc) is 3.31. The SMILES string of the molecule is Nc1cccc2cc(-c3nc(C4CCC(C(=O)O)CC4)n4ncnc(N)c34)[nH]c12. The van der Waals surface area contributed by atoms with E-state index in [1.54, 1.807) is 4.52 Å². The number of aliphatic carboxylic acids is 1. The van der Waals surface area contributed by atoms with Gasteiger partial charge in [0, 0.05) is 11.3 Å². The summed E-state index contributed by atoms with van der Waals surface area (Å²) >= 11 is 0. The highest BCUT2D eigenvalue weighted by Gasteiger charge is 2.31. The highest BCUT2D eigenvalue weighted by molar-refractivity contribution is 5.96. The lowest BCUT2D eigenvalue weighted by Gasteiger charge is -2.24. The maximum atomic E-state index is 11.3. The fraction of sp³-hybridized carbons (Fsp3) is 0.300. The Hall–Kier alpha value is -3.62. The molecule has 9 heteroatoms. The number of anilines is 2. The Labute approximate surface area is 165 Å². The van der Waals surface area contributed by atoms with Crippen LogP contribution in [-0.4, -0.2) is 35.6 Å². The highest BCUT2D eigenvalue weighted by atomic mass is 16.4. The van der Waals surface area contributed by atoms with Gasteiger partial charge in [0.05, 0.1) is 22.8 Å².